The summed E-state index contributed by atoms with van der Waals surface area (Å²) < 4.78 is 17.7. The Morgan fingerprint density at radius 2 is 1.49 bits per heavy atom. The molecule has 0 aliphatic rings. The lowest BCUT2D eigenvalue weighted by Crippen LogP contribution is -2.46. The zero-order valence-electron chi connectivity index (χ0n) is 23.2. The highest BCUT2D eigenvalue weighted by Gasteiger charge is 2.39. The summed E-state index contributed by atoms with van der Waals surface area (Å²) in [5, 5.41) is 3.06. The van der Waals surface area contributed by atoms with Crippen LogP contribution < -0.4 is 5.32 Å². The molecule has 0 aromatic carbocycles. The molecule has 0 aliphatic carbocycles. The van der Waals surface area contributed by atoms with Gasteiger partial charge in [-0.25, -0.2) is 0 Å². The van der Waals surface area contributed by atoms with Gasteiger partial charge in [0.25, 0.3) is 5.91 Å². The smallest absolute Gasteiger partial charge is 0.374 e. The molecule has 10 heteroatoms. The van der Waals surface area contributed by atoms with Crippen LogP contribution in [0.3, 0.4) is 0 Å². The number of hydrogen-bond acceptors (Lipinski definition) is 8. The second-order valence-corrected chi connectivity index (χ2v) is 14.9. The number of rotatable bonds is 14. The zero-order valence-corrected chi connectivity index (χ0v) is 26.6. The lowest BCUT2D eigenvalue weighted by atomic mass is 10.2. The number of amides is 1. The largest absolute Gasteiger partial charge is 0.500 e. The van der Waals surface area contributed by atoms with Gasteiger partial charge in [-0.3, -0.25) is 9.78 Å². The predicted octanol–water partition coefficient (Wildman–Crippen LogP) is 8.05. The summed E-state index contributed by atoms with van der Waals surface area (Å²) in [5.74, 6) is -0.0506. The molecule has 0 fully saturated rings. The van der Waals surface area contributed by atoms with E-state index in [0.29, 0.717) is 37.3 Å². The Balaban J connectivity index is 1.40. The molecule has 0 atom stereocenters. The van der Waals surface area contributed by atoms with Crippen molar-refractivity contribution in [3.63, 3.8) is 0 Å². The van der Waals surface area contributed by atoms with E-state index < -0.39 is 8.80 Å². The first-order valence-electron chi connectivity index (χ1n) is 13.3. The standard InChI is InChI=1S/C29H36N2O4S3Si/c1-6-33-39(34-7-2,35-8-3)17-11-16-31-29(32)24-14-13-23(36-24)26-19-21(5)28(38-26)27-20(4)18-25(37-27)22-12-9-10-15-30-22/h9-10,12-15,18-19H,6-8,11,16-17H2,1-5H3,(H,31,32). The van der Waals surface area contributed by atoms with Gasteiger partial charge in [-0.2, -0.15) is 0 Å². The van der Waals surface area contributed by atoms with Crippen molar-refractivity contribution in [1.82, 2.24) is 10.3 Å². The fourth-order valence-electron chi connectivity index (χ4n) is 4.36. The molecular formula is C29H36N2O4S3Si. The highest BCUT2D eigenvalue weighted by molar-refractivity contribution is 7.27. The Hall–Kier alpha value is -2.18. The first-order valence-corrected chi connectivity index (χ1v) is 17.7. The number of aryl methyl sites for hydroxylation is 2. The summed E-state index contributed by atoms with van der Waals surface area (Å²) >= 11 is 5.10. The van der Waals surface area contributed by atoms with Gasteiger partial charge < -0.3 is 18.6 Å². The fourth-order valence-corrected chi connectivity index (χ4v) is 10.6. The minimum atomic E-state index is -2.69. The first-order chi connectivity index (χ1) is 18.9. The summed E-state index contributed by atoms with van der Waals surface area (Å²) in [6.07, 6.45) is 2.57. The Kier molecular flexibility index (Phi) is 10.6. The molecular weight excluding hydrogens is 565 g/mol. The normalized spacial score (nSPS) is 11.7. The van der Waals surface area contributed by atoms with Gasteiger partial charge in [0.15, 0.2) is 0 Å². The molecule has 4 aromatic rings. The van der Waals surface area contributed by atoms with E-state index in [-0.39, 0.29) is 5.91 Å². The van der Waals surface area contributed by atoms with E-state index in [1.54, 1.807) is 22.7 Å². The van der Waals surface area contributed by atoms with Crippen LogP contribution in [0.15, 0.2) is 48.7 Å². The maximum atomic E-state index is 12.9. The average molecular weight is 601 g/mol. The molecule has 4 aromatic heterocycles. The van der Waals surface area contributed by atoms with Crippen molar-refractivity contribution in [2.45, 2.75) is 47.1 Å². The van der Waals surface area contributed by atoms with E-state index >= 15 is 0 Å². The quantitative estimate of drug-likeness (QED) is 0.117. The third-order valence-electron chi connectivity index (χ3n) is 6.07. The van der Waals surface area contributed by atoms with Gasteiger partial charge in [0, 0.05) is 58.1 Å². The van der Waals surface area contributed by atoms with Gasteiger partial charge in [-0.1, -0.05) is 6.07 Å². The SMILES string of the molecule is CCO[Si](CCCNC(=O)c1ccc(-c2cc(C)c(-c3sc(-c4ccccn4)cc3C)s2)s1)(OCC)OCC. The highest BCUT2D eigenvalue weighted by Crippen LogP contribution is 2.45. The van der Waals surface area contributed by atoms with Crippen molar-refractivity contribution >= 4 is 48.7 Å². The number of carbonyl (C=O) groups is 1. The fraction of sp³-hybridized carbons (Fsp3) is 0.379. The summed E-state index contributed by atoms with van der Waals surface area (Å²) in [7, 11) is -2.69. The van der Waals surface area contributed by atoms with Crippen molar-refractivity contribution in [1.29, 1.82) is 0 Å². The molecule has 0 unspecified atom stereocenters. The van der Waals surface area contributed by atoms with Crippen molar-refractivity contribution in [2.75, 3.05) is 26.4 Å². The van der Waals surface area contributed by atoms with Gasteiger partial charge in [0.2, 0.25) is 0 Å². The van der Waals surface area contributed by atoms with Gasteiger partial charge in [-0.15, -0.1) is 34.0 Å². The highest BCUT2D eigenvalue weighted by atomic mass is 32.1. The maximum absolute atomic E-state index is 12.9. The predicted molar refractivity (Wildman–Crippen MR) is 166 cm³/mol. The molecule has 208 valence electrons. The van der Waals surface area contributed by atoms with Gasteiger partial charge >= 0.3 is 8.80 Å². The summed E-state index contributed by atoms with van der Waals surface area (Å²) in [5.41, 5.74) is 3.51. The van der Waals surface area contributed by atoms with Gasteiger partial charge in [0.05, 0.1) is 15.4 Å². The number of carbonyl (C=O) groups excluding carboxylic acids is 1. The second-order valence-electron chi connectivity index (χ2n) is 8.97. The lowest BCUT2D eigenvalue weighted by molar-refractivity contribution is 0.0705. The van der Waals surface area contributed by atoms with Crippen LogP contribution in [0.5, 0.6) is 0 Å². The van der Waals surface area contributed by atoms with Crippen molar-refractivity contribution in [3.8, 4) is 30.1 Å². The molecule has 0 saturated heterocycles. The van der Waals surface area contributed by atoms with E-state index in [1.807, 2.05) is 51.2 Å². The molecule has 0 spiro atoms. The van der Waals surface area contributed by atoms with E-state index in [4.69, 9.17) is 13.3 Å². The van der Waals surface area contributed by atoms with E-state index in [0.717, 1.165) is 17.0 Å². The Morgan fingerprint density at radius 1 is 0.846 bits per heavy atom. The lowest BCUT2D eigenvalue weighted by Gasteiger charge is -2.28. The molecule has 39 heavy (non-hydrogen) atoms. The molecule has 0 saturated carbocycles. The Morgan fingerprint density at radius 3 is 2.10 bits per heavy atom. The van der Waals surface area contributed by atoms with Crippen LogP contribution >= 0.6 is 34.0 Å². The minimum absolute atomic E-state index is 0.0506. The van der Waals surface area contributed by atoms with Crippen LogP contribution in [0.25, 0.3) is 30.1 Å². The van der Waals surface area contributed by atoms with Crippen LogP contribution in [0.4, 0.5) is 0 Å². The molecule has 4 heterocycles. The van der Waals surface area contributed by atoms with Crippen LogP contribution in [0.1, 0.15) is 48.0 Å². The first kappa shape index (κ1) is 29.8. The van der Waals surface area contributed by atoms with Crippen molar-refractivity contribution in [3.05, 3.63) is 64.7 Å². The number of aromatic nitrogens is 1. The summed E-state index contributed by atoms with van der Waals surface area (Å²) in [6.45, 7) is 12.4. The monoisotopic (exact) mass is 600 g/mol. The number of nitrogens with zero attached hydrogens (tertiary/aromatic N) is 1. The van der Waals surface area contributed by atoms with Crippen LogP contribution in [-0.4, -0.2) is 46.1 Å². The van der Waals surface area contributed by atoms with Crippen LogP contribution in [0, 0.1) is 13.8 Å². The molecule has 1 N–H and O–H groups in total. The topological polar surface area (TPSA) is 69.7 Å². The van der Waals surface area contributed by atoms with Crippen LogP contribution in [-0.2, 0) is 13.3 Å². The number of hydrogen-bond donors (Lipinski definition) is 1. The number of thiophene rings is 3. The Bertz CT molecular complexity index is 1350. The Labute approximate surface area is 244 Å². The molecule has 4 rings (SSSR count). The van der Waals surface area contributed by atoms with E-state index in [9.17, 15) is 4.79 Å². The maximum Gasteiger partial charge on any atom is 0.500 e. The van der Waals surface area contributed by atoms with E-state index in [2.05, 4.69) is 42.3 Å². The molecule has 6 nitrogen and oxygen atoms in total. The summed E-state index contributed by atoms with van der Waals surface area (Å²) in [6, 6.07) is 15.1. The summed E-state index contributed by atoms with van der Waals surface area (Å²) in [4.78, 5) is 24.1. The van der Waals surface area contributed by atoms with Crippen molar-refractivity contribution < 1.29 is 18.1 Å². The van der Waals surface area contributed by atoms with E-state index in [1.165, 1.54) is 42.0 Å². The molecule has 0 aliphatic heterocycles. The average Bonchev–Trinajstić information content (AvgIpc) is 3.66. The molecule has 0 bridgehead atoms. The van der Waals surface area contributed by atoms with Gasteiger partial charge in [0.1, 0.15) is 0 Å². The molecule has 0 radical (unpaired) electrons. The number of pyridine rings is 1. The molecule has 1 amide bonds. The minimum Gasteiger partial charge on any atom is -0.374 e. The van der Waals surface area contributed by atoms with Crippen molar-refractivity contribution in [2.24, 2.45) is 0 Å². The second kappa shape index (κ2) is 13.9. The third-order valence-corrected chi connectivity index (χ3v) is 13.2. The number of nitrogens with one attached hydrogen (secondary N) is 1. The van der Waals surface area contributed by atoms with Crippen LogP contribution in [0.2, 0.25) is 6.04 Å². The zero-order chi connectivity index (χ0) is 27.8. The van der Waals surface area contributed by atoms with Gasteiger partial charge in [-0.05, 0) is 88.6 Å². The third kappa shape index (κ3) is 7.32.